The topological polar surface area (TPSA) is 216 Å². The van der Waals surface area contributed by atoms with Crippen molar-refractivity contribution in [2.75, 3.05) is 45.1 Å². The van der Waals surface area contributed by atoms with Gasteiger partial charge in [-0.3, -0.25) is 9.78 Å². The number of nitrogens with zero attached hydrogens (tertiary/aromatic N) is 2. The van der Waals surface area contributed by atoms with E-state index in [1.54, 1.807) is 18.3 Å². The van der Waals surface area contributed by atoms with Gasteiger partial charge < -0.3 is 46.2 Å². The molecule has 2 aliphatic rings. The molecule has 41 heavy (non-hydrogen) atoms. The average molecular weight is 601 g/mol. The number of benzene rings is 1. The second-order valence-electron chi connectivity index (χ2n) is 10.2. The number of β-amino-alcohol motifs (C(OH)–C–C–N with tert-alkyl or cyclic N) is 1. The number of hydrogen-bond donors (Lipinski definition) is 7. The number of aliphatic carboxylic acids is 2. The van der Waals surface area contributed by atoms with E-state index in [2.05, 4.69) is 15.2 Å². The number of piperidine rings is 1. The van der Waals surface area contributed by atoms with Gasteiger partial charge >= 0.3 is 11.9 Å². The molecule has 2 aromatic rings. The lowest BCUT2D eigenvalue weighted by Crippen LogP contribution is -2.53. The van der Waals surface area contributed by atoms with Crippen LogP contribution in [0.15, 0.2) is 24.4 Å². The third kappa shape index (κ3) is 8.44. The van der Waals surface area contributed by atoms with Crippen LogP contribution in [0.25, 0.3) is 10.9 Å². The molecule has 226 valence electrons. The predicted octanol–water partition coefficient (Wildman–Crippen LogP) is 0.423. The van der Waals surface area contributed by atoms with Crippen molar-refractivity contribution in [3.8, 4) is 0 Å². The van der Waals surface area contributed by atoms with E-state index in [-0.39, 0.29) is 17.1 Å². The maximum Gasteiger partial charge on any atom is 0.335 e. The summed E-state index contributed by atoms with van der Waals surface area (Å²) in [7, 11) is 0. The smallest absolute Gasteiger partial charge is 0.335 e. The number of nitrogen functional groups attached to an aromatic ring is 1. The number of carbonyl (C=O) groups excluding carboxylic acids is 1. The number of aromatic nitrogens is 1. The molecule has 0 aliphatic carbocycles. The minimum Gasteiger partial charge on any atom is -0.479 e. The number of carboxylic acid groups (broad SMARTS) is 2. The molecule has 3 heterocycles. The molecule has 2 atom stereocenters. The van der Waals surface area contributed by atoms with Crippen LogP contribution < -0.4 is 11.1 Å². The Morgan fingerprint density at radius 1 is 1.12 bits per heavy atom. The average Bonchev–Trinajstić information content (AvgIpc) is 2.95. The lowest BCUT2D eigenvalue weighted by molar-refractivity contribution is -0.165. The molecule has 15 heteroatoms. The number of hydrogen-bond acceptors (Lipinski definition) is 10. The SMILES string of the molecule is Nc1c(Cl)cc(C(=O)NCC2(F)CCN(CC3(O)CCOCC3)CC2)c2ncccc12.O=C(O)C(O)C(O)C(=O)O. The van der Waals surface area contributed by atoms with Gasteiger partial charge in [-0.25, -0.2) is 14.0 Å². The summed E-state index contributed by atoms with van der Waals surface area (Å²) in [4.78, 5) is 38.7. The first-order valence-corrected chi connectivity index (χ1v) is 13.3. The van der Waals surface area contributed by atoms with Crippen LogP contribution in [0.4, 0.5) is 10.1 Å². The Kier molecular flexibility index (Phi) is 10.8. The molecule has 2 fully saturated rings. The zero-order valence-electron chi connectivity index (χ0n) is 22.1. The summed E-state index contributed by atoms with van der Waals surface area (Å²) in [6, 6.07) is 4.95. The zero-order valence-corrected chi connectivity index (χ0v) is 22.9. The summed E-state index contributed by atoms with van der Waals surface area (Å²) < 4.78 is 20.7. The minimum absolute atomic E-state index is 0.0892. The number of rotatable bonds is 8. The normalized spacial score (nSPS) is 19.8. The third-order valence-corrected chi connectivity index (χ3v) is 7.50. The first kappa shape index (κ1) is 32.4. The summed E-state index contributed by atoms with van der Waals surface area (Å²) in [5.74, 6) is -3.97. The van der Waals surface area contributed by atoms with Gasteiger partial charge in [-0.05, 0) is 31.0 Å². The number of amides is 1. The van der Waals surface area contributed by atoms with E-state index in [9.17, 15) is 19.5 Å². The summed E-state index contributed by atoms with van der Waals surface area (Å²) in [6.45, 7) is 2.63. The van der Waals surface area contributed by atoms with E-state index >= 15 is 4.39 Å². The third-order valence-electron chi connectivity index (χ3n) is 7.19. The first-order chi connectivity index (χ1) is 19.3. The Labute approximate surface area is 239 Å². The van der Waals surface area contributed by atoms with Gasteiger partial charge in [0.2, 0.25) is 0 Å². The van der Waals surface area contributed by atoms with Crippen LogP contribution in [-0.4, -0.2) is 116 Å². The van der Waals surface area contributed by atoms with Crippen LogP contribution >= 0.6 is 11.6 Å². The number of aliphatic hydroxyl groups is 3. The second-order valence-corrected chi connectivity index (χ2v) is 10.6. The summed E-state index contributed by atoms with van der Waals surface area (Å²) in [5.41, 5.74) is 4.82. The van der Waals surface area contributed by atoms with Crippen LogP contribution in [0.1, 0.15) is 36.0 Å². The number of alkyl halides is 1. The molecule has 0 bridgehead atoms. The minimum atomic E-state index is -2.27. The lowest BCUT2D eigenvalue weighted by Gasteiger charge is -2.41. The molecule has 1 amide bonds. The number of fused-ring (bicyclic) bond motifs is 1. The van der Waals surface area contributed by atoms with Crippen molar-refractivity contribution in [3.05, 3.63) is 35.0 Å². The maximum absolute atomic E-state index is 15.4. The quantitative estimate of drug-likeness (QED) is 0.205. The molecule has 1 aromatic heterocycles. The Bertz CT molecular complexity index is 1230. The van der Waals surface area contributed by atoms with Gasteiger partial charge in [0.1, 0.15) is 5.67 Å². The van der Waals surface area contributed by atoms with Crippen molar-refractivity contribution in [1.29, 1.82) is 0 Å². The highest BCUT2D eigenvalue weighted by atomic mass is 35.5. The van der Waals surface area contributed by atoms with Crippen LogP contribution in [-0.2, 0) is 14.3 Å². The van der Waals surface area contributed by atoms with Crippen molar-refractivity contribution in [2.45, 2.75) is 49.2 Å². The van der Waals surface area contributed by atoms with Crippen LogP contribution in [0.3, 0.4) is 0 Å². The van der Waals surface area contributed by atoms with Crippen molar-refractivity contribution < 1.29 is 49.0 Å². The van der Waals surface area contributed by atoms with E-state index in [1.165, 1.54) is 6.07 Å². The monoisotopic (exact) mass is 600 g/mol. The fourth-order valence-electron chi connectivity index (χ4n) is 4.63. The van der Waals surface area contributed by atoms with Crippen molar-refractivity contribution in [1.82, 2.24) is 15.2 Å². The van der Waals surface area contributed by atoms with Gasteiger partial charge in [0.15, 0.2) is 12.2 Å². The van der Waals surface area contributed by atoms with Gasteiger partial charge in [-0.15, -0.1) is 0 Å². The predicted molar refractivity (Wildman–Crippen MR) is 145 cm³/mol. The fraction of sp³-hybridized carbons (Fsp3) is 0.538. The van der Waals surface area contributed by atoms with Crippen LogP contribution in [0.2, 0.25) is 5.02 Å². The number of nitrogens with one attached hydrogen (secondary N) is 1. The molecule has 4 rings (SSSR count). The molecule has 13 nitrogen and oxygen atoms in total. The highest BCUT2D eigenvalue weighted by Crippen LogP contribution is 2.32. The molecule has 2 saturated heterocycles. The molecular weight excluding hydrogens is 567 g/mol. The molecule has 8 N–H and O–H groups in total. The Morgan fingerprint density at radius 3 is 2.27 bits per heavy atom. The number of likely N-dealkylation sites (tertiary alicyclic amines) is 1. The van der Waals surface area contributed by atoms with E-state index in [0.29, 0.717) is 75.1 Å². The molecule has 0 spiro atoms. The van der Waals surface area contributed by atoms with Gasteiger partial charge in [0.25, 0.3) is 5.91 Å². The zero-order chi connectivity index (χ0) is 30.4. The molecule has 2 unspecified atom stereocenters. The van der Waals surface area contributed by atoms with Crippen LogP contribution in [0.5, 0.6) is 0 Å². The van der Waals surface area contributed by atoms with Crippen molar-refractivity contribution in [3.63, 3.8) is 0 Å². The molecule has 2 aliphatic heterocycles. The second kappa shape index (κ2) is 13.7. The Balaban J connectivity index is 0.000000397. The molecular formula is C26H34ClFN4O9. The first-order valence-electron chi connectivity index (χ1n) is 12.9. The van der Waals surface area contributed by atoms with Gasteiger partial charge in [0, 0.05) is 57.3 Å². The van der Waals surface area contributed by atoms with Crippen molar-refractivity contribution in [2.24, 2.45) is 0 Å². The van der Waals surface area contributed by atoms with E-state index in [1.807, 2.05) is 0 Å². The number of halogens is 2. The van der Waals surface area contributed by atoms with E-state index in [0.717, 1.165) is 0 Å². The standard InChI is InChI=1S/C22H28ClFN4O3.C4H6O6/c23-17-12-16(19-15(18(17)25)2-1-7-26-19)20(29)27-13-21(24)3-8-28(9-4-21)14-22(30)5-10-31-11-6-22;5-1(3(7)8)2(6)4(9)10/h1-2,7,12,30H,3-6,8-11,13-14,25H2,(H,27,29);1-2,5-6H,(H,7,8)(H,9,10). The fourth-order valence-corrected chi connectivity index (χ4v) is 4.84. The van der Waals surface area contributed by atoms with Crippen molar-refractivity contribution >= 4 is 46.0 Å². The van der Waals surface area contributed by atoms with Gasteiger partial charge in [-0.2, -0.15) is 0 Å². The molecule has 0 saturated carbocycles. The van der Waals surface area contributed by atoms with Gasteiger partial charge in [0.05, 0.1) is 33.9 Å². The number of anilines is 1. The number of ether oxygens (including phenoxy) is 1. The Hall–Kier alpha value is -3.14. The summed E-state index contributed by atoms with van der Waals surface area (Å²) in [6.07, 6.45) is -1.16. The lowest BCUT2D eigenvalue weighted by atomic mass is 9.89. The summed E-state index contributed by atoms with van der Waals surface area (Å²) in [5, 5.41) is 46.8. The number of pyridine rings is 1. The van der Waals surface area contributed by atoms with E-state index in [4.69, 9.17) is 42.5 Å². The Morgan fingerprint density at radius 2 is 1.71 bits per heavy atom. The number of aliphatic hydroxyl groups excluding tert-OH is 2. The van der Waals surface area contributed by atoms with Crippen LogP contribution in [0, 0.1) is 0 Å². The largest absolute Gasteiger partial charge is 0.479 e. The number of carboxylic acids is 2. The highest BCUT2D eigenvalue weighted by Gasteiger charge is 2.38. The maximum atomic E-state index is 15.4. The summed E-state index contributed by atoms with van der Waals surface area (Å²) >= 11 is 6.18. The number of carbonyl (C=O) groups is 3. The van der Waals surface area contributed by atoms with Gasteiger partial charge in [-0.1, -0.05) is 11.6 Å². The number of nitrogens with two attached hydrogens (primary N) is 1. The van der Waals surface area contributed by atoms with E-state index < -0.39 is 41.3 Å². The molecule has 0 radical (unpaired) electrons. The molecule has 1 aromatic carbocycles. The highest BCUT2D eigenvalue weighted by molar-refractivity contribution is 6.35.